The van der Waals surface area contributed by atoms with E-state index in [1.54, 1.807) is 12.1 Å². The summed E-state index contributed by atoms with van der Waals surface area (Å²) in [5.74, 6) is 0. The fourth-order valence-electron chi connectivity index (χ4n) is 1.36. The normalized spacial score (nSPS) is 11.7. The van der Waals surface area contributed by atoms with Crippen LogP contribution in [0.2, 0.25) is 0 Å². The highest BCUT2D eigenvalue weighted by atomic mass is 35.5. The molecule has 0 radical (unpaired) electrons. The molecule has 0 amide bonds. The highest BCUT2D eigenvalue weighted by Crippen LogP contribution is 2.10. The first-order chi connectivity index (χ1) is 7.13. The number of nitrogens with two attached hydrogens (primary N) is 1. The van der Waals surface area contributed by atoms with Gasteiger partial charge in [0, 0.05) is 11.6 Å². The molecule has 1 aromatic rings. The van der Waals surface area contributed by atoms with Gasteiger partial charge in [0.2, 0.25) is 0 Å². The fourth-order valence-corrected chi connectivity index (χ4v) is 1.48. The van der Waals surface area contributed by atoms with E-state index in [0.717, 1.165) is 19.3 Å². The summed E-state index contributed by atoms with van der Waals surface area (Å²) in [4.78, 5) is 10.8. The third-order valence-corrected chi connectivity index (χ3v) is 2.73. The number of rotatable bonds is 5. The maximum atomic E-state index is 10.8. The molecule has 0 saturated carbocycles. The summed E-state index contributed by atoms with van der Waals surface area (Å²) < 4.78 is 0. The number of halogens is 2. The Morgan fingerprint density at radius 1 is 1.38 bits per heavy atom. The van der Waals surface area contributed by atoms with E-state index in [0.29, 0.717) is 5.56 Å². The van der Waals surface area contributed by atoms with Crippen LogP contribution in [0, 0.1) is 0 Å². The van der Waals surface area contributed by atoms with Crippen molar-refractivity contribution in [1.29, 1.82) is 0 Å². The smallest absolute Gasteiger partial charge is 0.252 e. The Labute approximate surface area is 108 Å². The van der Waals surface area contributed by atoms with Gasteiger partial charge in [-0.15, -0.1) is 12.4 Å². The number of hydrogen-bond donors (Lipinski definition) is 1. The summed E-state index contributed by atoms with van der Waals surface area (Å²) in [5, 5.41) is -0.410. The molecule has 0 aliphatic rings. The summed E-state index contributed by atoms with van der Waals surface area (Å²) >= 11 is 5.35. The Bertz CT molecular complexity index is 324. The minimum absolute atomic E-state index is 0. The lowest BCUT2D eigenvalue weighted by Crippen LogP contribution is -2.19. The van der Waals surface area contributed by atoms with Crippen LogP contribution in [0.25, 0.3) is 0 Å². The predicted molar refractivity (Wildman–Crippen MR) is 70.5 cm³/mol. The topological polar surface area (TPSA) is 43.1 Å². The molecule has 0 spiro atoms. The minimum atomic E-state index is -0.410. The van der Waals surface area contributed by atoms with Crippen LogP contribution >= 0.6 is 24.0 Å². The van der Waals surface area contributed by atoms with Crippen LogP contribution in [-0.2, 0) is 6.42 Å². The van der Waals surface area contributed by atoms with Gasteiger partial charge in [0.05, 0.1) is 0 Å². The molecule has 0 fully saturated rings. The van der Waals surface area contributed by atoms with E-state index >= 15 is 0 Å². The van der Waals surface area contributed by atoms with Gasteiger partial charge in [0.15, 0.2) is 0 Å². The standard InChI is InChI=1S/C12H16ClNO.ClH/c1-2-11(14)8-5-9-3-6-10(7-4-9)12(13)15;/h3-4,6-7,11H,2,5,8,14H2,1H3;1H/t11-;/m0./s1. The molecule has 0 saturated heterocycles. The highest BCUT2D eigenvalue weighted by molar-refractivity contribution is 6.67. The molecule has 0 unspecified atom stereocenters. The van der Waals surface area contributed by atoms with E-state index in [2.05, 4.69) is 6.92 Å². The second-order valence-electron chi connectivity index (χ2n) is 3.68. The van der Waals surface area contributed by atoms with Crippen molar-refractivity contribution in [3.8, 4) is 0 Å². The molecule has 0 aromatic heterocycles. The van der Waals surface area contributed by atoms with Crippen molar-refractivity contribution in [2.24, 2.45) is 5.73 Å². The van der Waals surface area contributed by atoms with Crippen LogP contribution in [0.1, 0.15) is 35.7 Å². The summed E-state index contributed by atoms with van der Waals surface area (Å²) in [6.45, 7) is 2.08. The van der Waals surface area contributed by atoms with Crippen LogP contribution in [0.4, 0.5) is 0 Å². The molecule has 2 nitrogen and oxygen atoms in total. The first-order valence-corrected chi connectivity index (χ1v) is 5.55. The van der Waals surface area contributed by atoms with Gasteiger partial charge >= 0.3 is 0 Å². The van der Waals surface area contributed by atoms with E-state index in [-0.39, 0.29) is 18.4 Å². The lowest BCUT2D eigenvalue weighted by atomic mass is 10.0. The van der Waals surface area contributed by atoms with E-state index < -0.39 is 5.24 Å². The number of carbonyl (C=O) groups excluding carboxylic acids is 1. The molecule has 1 rings (SSSR count). The monoisotopic (exact) mass is 261 g/mol. The zero-order valence-electron chi connectivity index (χ0n) is 9.28. The Hall–Kier alpha value is -0.570. The van der Waals surface area contributed by atoms with Crippen LogP contribution in [0.15, 0.2) is 24.3 Å². The highest BCUT2D eigenvalue weighted by Gasteiger charge is 2.03. The summed E-state index contributed by atoms with van der Waals surface area (Å²) in [7, 11) is 0. The van der Waals surface area contributed by atoms with E-state index in [4.69, 9.17) is 17.3 Å². The lowest BCUT2D eigenvalue weighted by molar-refractivity contribution is 0.108. The van der Waals surface area contributed by atoms with E-state index in [1.165, 1.54) is 5.56 Å². The second kappa shape index (κ2) is 7.66. The predicted octanol–water partition coefficient (Wildman–Crippen LogP) is 3.16. The second-order valence-corrected chi connectivity index (χ2v) is 4.02. The largest absolute Gasteiger partial charge is 0.328 e. The zero-order valence-corrected chi connectivity index (χ0v) is 10.9. The Kier molecular flexibility index (Phi) is 7.39. The molecule has 90 valence electrons. The quantitative estimate of drug-likeness (QED) is 0.828. The van der Waals surface area contributed by atoms with Crippen LogP contribution < -0.4 is 5.73 Å². The van der Waals surface area contributed by atoms with Crippen molar-refractivity contribution < 1.29 is 4.79 Å². The first kappa shape index (κ1) is 15.4. The molecule has 1 atom stereocenters. The van der Waals surface area contributed by atoms with Crippen molar-refractivity contribution in [1.82, 2.24) is 0 Å². The molecule has 0 bridgehead atoms. The Balaban J connectivity index is 0.00000225. The number of aryl methyl sites for hydroxylation is 1. The minimum Gasteiger partial charge on any atom is -0.328 e. The molecule has 1 aromatic carbocycles. The third-order valence-electron chi connectivity index (χ3n) is 2.51. The number of benzene rings is 1. The van der Waals surface area contributed by atoms with Gasteiger partial charge in [-0.05, 0) is 48.6 Å². The maximum Gasteiger partial charge on any atom is 0.252 e. The molecule has 0 heterocycles. The van der Waals surface area contributed by atoms with Gasteiger partial charge in [-0.2, -0.15) is 0 Å². The fraction of sp³-hybridized carbons (Fsp3) is 0.417. The van der Waals surface area contributed by atoms with Crippen LogP contribution in [0.3, 0.4) is 0 Å². The van der Waals surface area contributed by atoms with Crippen molar-refractivity contribution in [3.63, 3.8) is 0 Å². The molecule has 4 heteroatoms. The summed E-state index contributed by atoms with van der Waals surface area (Å²) in [5.41, 5.74) is 7.56. The molecular weight excluding hydrogens is 245 g/mol. The molecule has 0 aliphatic heterocycles. The van der Waals surface area contributed by atoms with Gasteiger partial charge in [-0.1, -0.05) is 19.1 Å². The Morgan fingerprint density at radius 3 is 2.38 bits per heavy atom. The van der Waals surface area contributed by atoms with Crippen molar-refractivity contribution in [2.75, 3.05) is 0 Å². The lowest BCUT2D eigenvalue weighted by Gasteiger charge is -2.08. The van der Waals surface area contributed by atoms with Gasteiger partial charge in [-0.3, -0.25) is 4.79 Å². The third kappa shape index (κ3) is 4.97. The summed E-state index contributed by atoms with van der Waals surface area (Å²) in [6.07, 6.45) is 2.93. The van der Waals surface area contributed by atoms with Gasteiger partial charge < -0.3 is 5.73 Å². The molecule has 0 aliphatic carbocycles. The Morgan fingerprint density at radius 2 is 1.94 bits per heavy atom. The van der Waals surface area contributed by atoms with Crippen molar-refractivity contribution in [2.45, 2.75) is 32.2 Å². The SMILES string of the molecule is CC[C@H](N)CCc1ccc(C(=O)Cl)cc1.Cl. The van der Waals surface area contributed by atoms with Crippen molar-refractivity contribution >= 4 is 29.3 Å². The van der Waals surface area contributed by atoms with Crippen molar-refractivity contribution in [3.05, 3.63) is 35.4 Å². The average Bonchev–Trinajstić information content (AvgIpc) is 2.26. The zero-order chi connectivity index (χ0) is 11.3. The molecular formula is C12H17Cl2NO. The molecule has 16 heavy (non-hydrogen) atoms. The van der Waals surface area contributed by atoms with E-state index in [9.17, 15) is 4.79 Å². The maximum absolute atomic E-state index is 10.8. The summed E-state index contributed by atoms with van der Waals surface area (Å²) in [6, 6.07) is 7.62. The van der Waals surface area contributed by atoms with Crippen LogP contribution in [-0.4, -0.2) is 11.3 Å². The van der Waals surface area contributed by atoms with Crippen LogP contribution in [0.5, 0.6) is 0 Å². The average molecular weight is 262 g/mol. The number of carbonyl (C=O) groups is 1. The first-order valence-electron chi connectivity index (χ1n) is 5.17. The van der Waals surface area contributed by atoms with Gasteiger partial charge in [0.25, 0.3) is 5.24 Å². The number of hydrogen-bond acceptors (Lipinski definition) is 2. The molecule has 2 N–H and O–H groups in total. The van der Waals surface area contributed by atoms with E-state index in [1.807, 2.05) is 12.1 Å². The van der Waals surface area contributed by atoms with Gasteiger partial charge in [-0.25, -0.2) is 0 Å². The van der Waals surface area contributed by atoms with Gasteiger partial charge in [0.1, 0.15) is 0 Å².